The van der Waals surface area contributed by atoms with Crippen LogP contribution in [0.3, 0.4) is 0 Å². The second kappa shape index (κ2) is 6.14. The lowest BCUT2D eigenvalue weighted by molar-refractivity contribution is 0.102. The van der Waals surface area contributed by atoms with E-state index in [1.807, 2.05) is 13.0 Å². The number of hydrogen-bond acceptors (Lipinski definition) is 4. The summed E-state index contributed by atoms with van der Waals surface area (Å²) >= 11 is 0. The average Bonchev–Trinajstić information content (AvgIpc) is 2.41. The lowest BCUT2D eigenvalue weighted by atomic mass is 10.1. The molecule has 0 aliphatic carbocycles. The van der Waals surface area contributed by atoms with Gasteiger partial charge in [-0.15, -0.1) is 0 Å². The van der Waals surface area contributed by atoms with Gasteiger partial charge in [0.1, 0.15) is 5.82 Å². The number of carbonyl (C=O) groups excluding carboxylic acids is 1. The van der Waals surface area contributed by atoms with Crippen LogP contribution in [0.15, 0.2) is 30.6 Å². The Labute approximate surface area is 118 Å². The summed E-state index contributed by atoms with van der Waals surface area (Å²) in [7, 11) is 0. The number of pyridine rings is 2. The molecule has 0 saturated heterocycles. The van der Waals surface area contributed by atoms with Gasteiger partial charge < -0.3 is 11.1 Å². The quantitative estimate of drug-likeness (QED) is 0.894. The van der Waals surface area contributed by atoms with E-state index < -0.39 is 0 Å². The lowest BCUT2D eigenvalue weighted by Crippen LogP contribution is -2.14. The number of anilines is 2. The Morgan fingerprint density at radius 3 is 2.90 bits per heavy atom. The fourth-order valence-corrected chi connectivity index (χ4v) is 1.92. The first-order valence-electron chi connectivity index (χ1n) is 6.58. The highest BCUT2D eigenvalue weighted by atomic mass is 16.1. The number of carbonyl (C=O) groups is 1. The third-order valence-corrected chi connectivity index (χ3v) is 2.95. The van der Waals surface area contributed by atoms with Crippen molar-refractivity contribution >= 4 is 17.4 Å². The second-order valence-corrected chi connectivity index (χ2v) is 4.67. The number of amides is 1. The van der Waals surface area contributed by atoms with Gasteiger partial charge in [0.2, 0.25) is 0 Å². The van der Waals surface area contributed by atoms with Crippen molar-refractivity contribution < 1.29 is 4.79 Å². The number of nitrogens with zero attached hydrogens (tertiary/aromatic N) is 2. The van der Waals surface area contributed by atoms with Crippen LogP contribution >= 0.6 is 0 Å². The fourth-order valence-electron chi connectivity index (χ4n) is 1.92. The molecule has 2 heterocycles. The summed E-state index contributed by atoms with van der Waals surface area (Å²) in [5.41, 5.74) is 8.76. The van der Waals surface area contributed by atoms with Gasteiger partial charge in [-0.05, 0) is 37.1 Å². The van der Waals surface area contributed by atoms with Gasteiger partial charge in [-0.3, -0.25) is 9.78 Å². The maximum atomic E-state index is 12.3. The van der Waals surface area contributed by atoms with E-state index in [0.29, 0.717) is 17.1 Å². The third-order valence-electron chi connectivity index (χ3n) is 2.95. The normalized spacial score (nSPS) is 10.3. The number of nitrogens with two attached hydrogens (primary N) is 1. The summed E-state index contributed by atoms with van der Waals surface area (Å²) in [6, 6.07) is 5.21. The molecule has 0 fully saturated rings. The highest BCUT2D eigenvalue weighted by molar-refractivity contribution is 6.05. The molecule has 2 aromatic heterocycles. The molecule has 5 heteroatoms. The molecule has 2 aromatic rings. The second-order valence-electron chi connectivity index (χ2n) is 4.67. The number of aromatic nitrogens is 2. The first-order chi connectivity index (χ1) is 9.60. The topological polar surface area (TPSA) is 80.9 Å². The number of nitrogens with one attached hydrogen (secondary N) is 1. The van der Waals surface area contributed by atoms with Crippen LogP contribution in [0.5, 0.6) is 0 Å². The average molecular weight is 270 g/mol. The summed E-state index contributed by atoms with van der Waals surface area (Å²) in [5, 5.41) is 2.84. The van der Waals surface area contributed by atoms with Crippen LogP contribution in [-0.4, -0.2) is 15.9 Å². The fraction of sp³-hybridized carbons (Fsp3) is 0.267. The van der Waals surface area contributed by atoms with Crippen molar-refractivity contribution in [2.75, 3.05) is 11.1 Å². The molecule has 0 aliphatic heterocycles. The number of hydrogen-bond donors (Lipinski definition) is 2. The smallest absolute Gasteiger partial charge is 0.255 e. The van der Waals surface area contributed by atoms with Crippen LogP contribution in [0.4, 0.5) is 11.5 Å². The van der Waals surface area contributed by atoms with Gasteiger partial charge in [0, 0.05) is 17.5 Å². The van der Waals surface area contributed by atoms with Crippen LogP contribution in [-0.2, 0) is 6.42 Å². The standard InChI is InChI=1S/C15H18N4O/c1-3-4-12-7-11(8-14(16)18-12)15(20)19-13-9-17-6-5-10(13)2/h5-9H,3-4H2,1-2H3,(H2,16,18)(H,19,20). The summed E-state index contributed by atoms with van der Waals surface area (Å²) < 4.78 is 0. The number of nitrogen functional groups attached to an aromatic ring is 1. The number of aryl methyl sites for hydroxylation is 2. The Morgan fingerprint density at radius 2 is 2.20 bits per heavy atom. The zero-order valence-corrected chi connectivity index (χ0v) is 11.7. The molecule has 0 unspecified atom stereocenters. The van der Waals surface area contributed by atoms with Gasteiger partial charge in [0.15, 0.2) is 0 Å². The minimum Gasteiger partial charge on any atom is -0.384 e. The zero-order valence-electron chi connectivity index (χ0n) is 11.7. The van der Waals surface area contributed by atoms with Crippen LogP contribution < -0.4 is 11.1 Å². The molecule has 0 aromatic carbocycles. The molecule has 1 amide bonds. The zero-order chi connectivity index (χ0) is 14.5. The van der Waals surface area contributed by atoms with E-state index >= 15 is 0 Å². The highest BCUT2D eigenvalue weighted by Crippen LogP contribution is 2.15. The maximum absolute atomic E-state index is 12.3. The molecule has 0 radical (unpaired) electrons. The van der Waals surface area contributed by atoms with Crippen molar-refractivity contribution in [2.24, 2.45) is 0 Å². The van der Waals surface area contributed by atoms with Gasteiger partial charge >= 0.3 is 0 Å². The Morgan fingerprint density at radius 1 is 1.40 bits per heavy atom. The van der Waals surface area contributed by atoms with Crippen LogP contribution in [0.25, 0.3) is 0 Å². The van der Waals surface area contributed by atoms with Crippen molar-refractivity contribution in [3.05, 3.63) is 47.4 Å². The predicted octanol–water partition coefficient (Wildman–Crippen LogP) is 2.57. The SMILES string of the molecule is CCCc1cc(C(=O)Nc2cnccc2C)cc(N)n1. The van der Waals surface area contributed by atoms with E-state index in [-0.39, 0.29) is 5.91 Å². The first kappa shape index (κ1) is 14.0. The molecule has 0 atom stereocenters. The summed E-state index contributed by atoms with van der Waals surface area (Å²) in [5.74, 6) is 0.163. The van der Waals surface area contributed by atoms with E-state index in [1.54, 1.807) is 24.5 Å². The highest BCUT2D eigenvalue weighted by Gasteiger charge is 2.10. The van der Waals surface area contributed by atoms with Crippen molar-refractivity contribution in [1.82, 2.24) is 9.97 Å². The molecule has 0 bridgehead atoms. The molecule has 104 valence electrons. The Hall–Kier alpha value is -2.43. The van der Waals surface area contributed by atoms with Crippen LogP contribution in [0, 0.1) is 6.92 Å². The van der Waals surface area contributed by atoms with Crippen molar-refractivity contribution in [1.29, 1.82) is 0 Å². The molecule has 3 N–H and O–H groups in total. The summed E-state index contributed by atoms with van der Waals surface area (Å²) in [6.07, 6.45) is 5.08. The Kier molecular flexibility index (Phi) is 4.30. The molecule has 5 nitrogen and oxygen atoms in total. The van der Waals surface area contributed by atoms with E-state index in [0.717, 1.165) is 24.1 Å². The minimum absolute atomic E-state index is 0.201. The van der Waals surface area contributed by atoms with Gasteiger partial charge in [0.05, 0.1) is 11.9 Å². The van der Waals surface area contributed by atoms with Gasteiger partial charge in [-0.1, -0.05) is 13.3 Å². The Bertz CT molecular complexity index is 625. The van der Waals surface area contributed by atoms with Crippen LogP contribution in [0.2, 0.25) is 0 Å². The maximum Gasteiger partial charge on any atom is 0.255 e. The van der Waals surface area contributed by atoms with E-state index in [1.165, 1.54) is 0 Å². The lowest BCUT2D eigenvalue weighted by Gasteiger charge is -2.09. The Balaban J connectivity index is 2.23. The third kappa shape index (κ3) is 3.32. The predicted molar refractivity (Wildman–Crippen MR) is 79.6 cm³/mol. The molecule has 0 spiro atoms. The number of rotatable bonds is 4. The van der Waals surface area contributed by atoms with E-state index in [9.17, 15) is 4.79 Å². The molecule has 0 saturated carbocycles. The first-order valence-corrected chi connectivity index (χ1v) is 6.58. The van der Waals surface area contributed by atoms with Gasteiger partial charge in [-0.25, -0.2) is 4.98 Å². The minimum atomic E-state index is -0.201. The van der Waals surface area contributed by atoms with Crippen molar-refractivity contribution in [3.8, 4) is 0 Å². The molecule has 2 rings (SSSR count). The van der Waals surface area contributed by atoms with E-state index in [4.69, 9.17) is 5.73 Å². The largest absolute Gasteiger partial charge is 0.384 e. The summed E-state index contributed by atoms with van der Waals surface area (Å²) in [4.78, 5) is 20.5. The van der Waals surface area contributed by atoms with E-state index in [2.05, 4.69) is 22.2 Å². The van der Waals surface area contributed by atoms with Crippen molar-refractivity contribution in [2.45, 2.75) is 26.7 Å². The van der Waals surface area contributed by atoms with Gasteiger partial charge in [-0.2, -0.15) is 0 Å². The van der Waals surface area contributed by atoms with Gasteiger partial charge in [0.25, 0.3) is 5.91 Å². The monoisotopic (exact) mass is 270 g/mol. The van der Waals surface area contributed by atoms with Crippen molar-refractivity contribution in [3.63, 3.8) is 0 Å². The molecule has 0 aliphatic rings. The molecular weight excluding hydrogens is 252 g/mol. The summed E-state index contributed by atoms with van der Waals surface area (Å²) in [6.45, 7) is 3.98. The van der Waals surface area contributed by atoms with Crippen LogP contribution in [0.1, 0.15) is 35.0 Å². The molecular formula is C15H18N4O. The molecule has 20 heavy (non-hydrogen) atoms.